The minimum absolute atomic E-state index is 0.0310. The topological polar surface area (TPSA) is 69.5 Å². The summed E-state index contributed by atoms with van der Waals surface area (Å²) in [4.78, 5) is 12.7. The van der Waals surface area contributed by atoms with Crippen LogP contribution in [0.1, 0.15) is 35.2 Å². The normalized spacial score (nSPS) is 12.6. The van der Waals surface area contributed by atoms with E-state index in [9.17, 15) is 4.79 Å². The van der Waals surface area contributed by atoms with Gasteiger partial charge in [-0.15, -0.1) is 0 Å². The van der Waals surface area contributed by atoms with Crippen molar-refractivity contribution in [1.82, 2.24) is 0 Å². The second kappa shape index (κ2) is 8.98. The molecule has 0 fully saturated rings. The molecule has 0 saturated carbocycles. The number of nitrogens with two attached hydrogens (primary N) is 1. The Bertz CT molecular complexity index is 957. The third kappa shape index (κ3) is 4.85. The van der Waals surface area contributed by atoms with Crippen LogP contribution in [-0.4, -0.2) is 11.9 Å². The highest BCUT2D eigenvalue weighted by molar-refractivity contribution is 5.93. The quantitative estimate of drug-likeness (QED) is 0.697. The first kappa shape index (κ1) is 19.3. The summed E-state index contributed by atoms with van der Waals surface area (Å²) in [5, 5.41) is 13.9. The first-order valence-electron chi connectivity index (χ1n) is 9.34. The summed E-state index contributed by atoms with van der Waals surface area (Å²) < 4.78 is 0. The lowest BCUT2D eigenvalue weighted by atomic mass is 9.97. The van der Waals surface area contributed by atoms with Crippen LogP contribution in [0.2, 0.25) is 0 Å². The molecule has 0 aromatic heterocycles. The van der Waals surface area contributed by atoms with Gasteiger partial charge in [-0.05, 0) is 38.1 Å². The SMILES string of the molecule is Cc1ccc([C@@H]([NH2+][C@@H](C)C(=O)Nc2ccc(C#N)cc2)c2ccccc2)cc1. The minimum Gasteiger partial charge on any atom is -0.326 e. The van der Waals surface area contributed by atoms with E-state index in [0.717, 1.165) is 11.1 Å². The van der Waals surface area contributed by atoms with E-state index in [1.54, 1.807) is 24.3 Å². The number of benzene rings is 3. The molecular formula is C24H24N3O+. The fourth-order valence-electron chi connectivity index (χ4n) is 3.11. The van der Waals surface area contributed by atoms with Gasteiger partial charge in [-0.2, -0.15) is 5.26 Å². The van der Waals surface area contributed by atoms with E-state index in [0.29, 0.717) is 11.3 Å². The second-order valence-corrected chi connectivity index (χ2v) is 6.96. The number of nitrogens with zero attached hydrogens (tertiary/aromatic N) is 1. The molecule has 0 unspecified atom stereocenters. The Kier molecular flexibility index (Phi) is 6.21. The molecule has 140 valence electrons. The zero-order valence-electron chi connectivity index (χ0n) is 16.1. The zero-order valence-corrected chi connectivity index (χ0v) is 16.1. The van der Waals surface area contributed by atoms with Gasteiger partial charge in [-0.1, -0.05) is 60.2 Å². The number of hydrogen-bond donors (Lipinski definition) is 2. The summed E-state index contributed by atoms with van der Waals surface area (Å²) >= 11 is 0. The number of nitrogens with one attached hydrogen (secondary N) is 1. The molecule has 28 heavy (non-hydrogen) atoms. The molecule has 1 amide bonds. The van der Waals surface area contributed by atoms with Crippen LogP contribution in [0.25, 0.3) is 0 Å². The number of quaternary nitrogens is 1. The van der Waals surface area contributed by atoms with Gasteiger partial charge >= 0.3 is 0 Å². The Morgan fingerprint density at radius 2 is 1.54 bits per heavy atom. The monoisotopic (exact) mass is 370 g/mol. The molecule has 3 rings (SSSR count). The van der Waals surface area contributed by atoms with Gasteiger partial charge in [-0.3, -0.25) is 4.79 Å². The fraction of sp³-hybridized carbons (Fsp3) is 0.167. The van der Waals surface area contributed by atoms with Gasteiger partial charge in [0.05, 0.1) is 11.6 Å². The lowest BCUT2D eigenvalue weighted by Gasteiger charge is -2.21. The van der Waals surface area contributed by atoms with Crippen molar-refractivity contribution < 1.29 is 10.1 Å². The van der Waals surface area contributed by atoms with Crippen LogP contribution in [0.3, 0.4) is 0 Å². The van der Waals surface area contributed by atoms with Gasteiger partial charge in [-0.25, -0.2) is 0 Å². The van der Waals surface area contributed by atoms with Crippen molar-refractivity contribution in [2.24, 2.45) is 0 Å². The van der Waals surface area contributed by atoms with E-state index in [1.807, 2.05) is 25.1 Å². The molecule has 0 heterocycles. The molecular weight excluding hydrogens is 346 g/mol. The van der Waals surface area contributed by atoms with Crippen LogP contribution >= 0.6 is 0 Å². The Labute approximate surface area is 165 Å². The number of anilines is 1. The molecule has 3 N–H and O–H groups in total. The lowest BCUT2D eigenvalue weighted by Crippen LogP contribution is -2.92. The van der Waals surface area contributed by atoms with Crippen molar-refractivity contribution in [3.8, 4) is 6.07 Å². The fourth-order valence-corrected chi connectivity index (χ4v) is 3.11. The van der Waals surface area contributed by atoms with E-state index in [2.05, 4.69) is 60.0 Å². The van der Waals surface area contributed by atoms with Crippen LogP contribution in [0, 0.1) is 18.3 Å². The molecule has 0 aliphatic carbocycles. The lowest BCUT2D eigenvalue weighted by molar-refractivity contribution is -0.704. The first-order valence-corrected chi connectivity index (χ1v) is 9.34. The third-order valence-electron chi connectivity index (χ3n) is 4.77. The molecule has 4 heteroatoms. The molecule has 4 nitrogen and oxygen atoms in total. The van der Waals surface area contributed by atoms with Gasteiger partial charge in [0.15, 0.2) is 6.04 Å². The summed E-state index contributed by atoms with van der Waals surface area (Å²) in [6.07, 6.45) is 0. The summed E-state index contributed by atoms with van der Waals surface area (Å²) in [5.74, 6) is -0.0715. The van der Waals surface area contributed by atoms with Gasteiger partial charge in [0.25, 0.3) is 5.91 Å². The first-order chi connectivity index (χ1) is 13.6. The second-order valence-electron chi connectivity index (χ2n) is 6.96. The smallest absolute Gasteiger partial charge is 0.282 e. The van der Waals surface area contributed by atoms with Crippen molar-refractivity contribution in [2.45, 2.75) is 25.9 Å². The maximum atomic E-state index is 12.7. The van der Waals surface area contributed by atoms with Gasteiger partial charge in [0, 0.05) is 16.8 Å². The molecule has 2 atom stereocenters. The van der Waals surface area contributed by atoms with E-state index in [-0.39, 0.29) is 18.0 Å². The van der Waals surface area contributed by atoms with Crippen molar-refractivity contribution in [2.75, 3.05) is 5.32 Å². The van der Waals surface area contributed by atoms with Crippen LogP contribution in [0.15, 0.2) is 78.9 Å². The predicted octanol–water partition coefficient (Wildman–Crippen LogP) is 3.55. The molecule has 0 aliphatic heterocycles. The summed E-state index contributed by atoms with van der Waals surface area (Å²) in [7, 11) is 0. The van der Waals surface area contributed by atoms with Gasteiger partial charge in [0.1, 0.15) is 6.04 Å². The standard InChI is InChI=1S/C24H23N3O/c1-17-8-12-21(13-9-17)23(20-6-4-3-5-7-20)26-18(2)24(28)27-22-14-10-19(16-25)11-15-22/h3-15,18,23,26H,1-2H3,(H,27,28)/p+1/t18-,23-/m0/s1. The van der Waals surface area contributed by atoms with E-state index >= 15 is 0 Å². The summed E-state index contributed by atoms with van der Waals surface area (Å²) in [6.45, 7) is 3.97. The van der Waals surface area contributed by atoms with Crippen molar-refractivity contribution in [3.05, 3.63) is 101 Å². The minimum atomic E-state index is -0.290. The Morgan fingerprint density at radius 3 is 2.14 bits per heavy atom. The number of nitriles is 1. The van der Waals surface area contributed by atoms with Crippen molar-refractivity contribution in [1.29, 1.82) is 5.26 Å². The molecule has 0 spiro atoms. The van der Waals surface area contributed by atoms with Crippen molar-refractivity contribution in [3.63, 3.8) is 0 Å². The number of rotatable bonds is 6. The average Bonchev–Trinajstić information content (AvgIpc) is 2.73. The van der Waals surface area contributed by atoms with E-state index in [1.165, 1.54) is 5.56 Å². The van der Waals surface area contributed by atoms with E-state index < -0.39 is 0 Å². The largest absolute Gasteiger partial charge is 0.326 e. The van der Waals surface area contributed by atoms with Crippen LogP contribution < -0.4 is 10.6 Å². The Hall–Kier alpha value is -3.42. The molecule has 0 aliphatic rings. The average molecular weight is 370 g/mol. The highest BCUT2D eigenvalue weighted by Gasteiger charge is 2.24. The Balaban J connectivity index is 1.76. The van der Waals surface area contributed by atoms with Crippen LogP contribution in [0.4, 0.5) is 5.69 Å². The number of carbonyl (C=O) groups is 1. The number of carbonyl (C=O) groups excluding carboxylic acids is 1. The number of amides is 1. The highest BCUT2D eigenvalue weighted by Crippen LogP contribution is 2.19. The van der Waals surface area contributed by atoms with E-state index in [4.69, 9.17) is 5.26 Å². The highest BCUT2D eigenvalue weighted by atomic mass is 16.2. The molecule has 0 bridgehead atoms. The third-order valence-corrected chi connectivity index (χ3v) is 4.77. The maximum Gasteiger partial charge on any atom is 0.282 e. The summed E-state index contributed by atoms with van der Waals surface area (Å²) in [5.41, 5.74) is 4.79. The van der Waals surface area contributed by atoms with Gasteiger partial charge < -0.3 is 10.6 Å². The van der Waals surface area contributed by atoms with Crippen LogP contribution in [0.5, 0.6) is 0 Å². The molecule has 0 radical (unpaired) electrons. The Morgan fingerprint density at radius 1 is 0.929 bits per heavy atom. The summed E-state index contributed by atoms with van der Waals surface area (Å²) in [6, 6.07) is 27.4. The molecule has 3 aromatic carbocycles. The molecule has 0 saturated heterocycles. The van der Waals surface area contributed by atoms with Gasteiger partial charge in [0.2, 0.25) is 0 Å². The van der Waals surface area contributed by atoms with Crippen molar-refractivity contribution >= 4 is 11.6 Å². The maximum absolute atomic E-state index is 12.7. The molecule has 3 aromatic rings. The number of hydrogen-bond acceptors (Lipinski definition) is 2. The zero-order chi connectivity index (χ0) is 19.9. The van der Waals surface area contributed by atoms with Crippen LogP contribution in [-0.2, 0) is 4.79 Å². The predicted molar refractivity (Wildman–Crippen MR) is 111 cm³/mol. The number of aryl methyl sites for hydroxylation is 1.